The van der Waals surface area contributed by atoms with E-state index < -0.39 is 0 Å². The molecule has 0 saturated carbocycles. The molecule has 1 amide bonds. The molecule has 20 heavy (non-hydrogen) atoms. The van der Waals surface area contributed by atoms with Crippen molar-refractivity contribution in [3.8, 4) is 0 Å². The summed E-state index contributed by atoms with van der Waals surface area (Å²) in [5.74, 6) is 0.0887. The number of aromatic amines is 1. The maximum atomic E-state index is 12.6. The van der Waals surface area contributed by atoms with E-state index in [1.165, 1.54) is 5.57 Å². The fourth-order valence-corrected chi connectivity index (χ4v) is 2.65. The van der Waals surface area contributed by atoms with E-state index in [0.717, 1.165) is 29.4 Å². The van der Waals surface area contributed by atoms with Crippen LogP contribution >= 0.6 is 0 Å². The van der Waals surface area contributed by atoms with Gasteiger partial charge in [0.15, 0.2) is 0 Å². The van der Waals surface area contributed by atoms with Gasteiger partial charge in [-0.2, -0.15) is 0 Å². The molecule has 0 fully saturated rings. The SMILES string of the molecule is COCC1=CCN(C(=O)c2cccc3cc[nH]c23)CC1. The van der Waals surface area contributed by atoms with Gasteiger partial charge in [-0.15, -0.1) is 0 Å². The Morgan fingerprint density at radius 1 is 1.40 bits per heavy atom. The van der Waals surface area contributed by atoms with Crippen molar-refractivity contribution in [1.29, 1.82) is 0 Å². The molecule has 1 aromatic carbocycles. The van der Waals surface area contributed by atoms with Gasteiger partial charge in [-0.3, -0.25) is 4.79 Å². The first-order valence-corrected chi connectivity index (χ1v) is 6.82. The van der Waals surface area contributed by atoms with Crippen molar-refractivity contribution in [2.24, 2.45) is 0 Å². The largest absolute Gasteiger partial charge is 0.380 e. The van der Waals surface area contributed by atoms with E-state index in [1.807, 2.05) is 35.4 Å². The first-order valence-electron chi connectivity index (χ1n) is 6.82. The molecule has 1 aliphatic rings. The number of aromatic nitrogens is 1. The molecule has 3 rings (SSSR count). The van der Waals surface area contributed by atoms with E-state index in [-0.39, 0.29) is 5.91 Å². The summed E-state index contributed by atoms with van der Waals surface area (Å²) in [4.78, 5) is 17.7. The smallest absolute Gasteiger partial charge is 0.256 e. The average Bonchev–Trinajstić information content (AvgIpc) is 2.96. The Bertz CT molecular complexity index is 657. The Kier molecular flexibility index (Phi) is 3.56. The number of carbonyl (C=O) groups is 1. The summed E-state index contributed by atoms with van der Waals surface area (Å²) in [6, 6.07) is 7.81. The minimum atomic E-state index is 0.0887. The lowest BCUT2D eigenvalue weighted by atomic mass is 10.1. The second-order valence-corrected chi connectivity index (χ2v) is 5.04. The van der Waals surface area contributed by atoms with E-state index in [2.05, 4.69) is 11.1 Å². The number of rotatable bonds is 3. The summed E-state index contributed by atoms with van der Waals surface area (Å²) in [6.07, 6.45) is 4.86. The van der Waals surface area contributed by atoms with Crippen LogP contribution in [-0.2, 0) is 4.74 Å². The second kappa shape index (κ2) is 5.51. The van der Waals surface area contributed by atoms with Gasteiger partial charge in [-0.05, 0) is 24.1 Å². The molecule has 0 saturated heterocycles. The average molecular weight is 270 g/mol. The van der Waals surface area contributed by atoms with E-state index in [0.29, 0.717) is 13.2 Å². The summed E-state index contributed by atoms with van der Waals surface area (Å²) < 4.78 is 5.13. The molecular formula is C16H18N2O2. The molecule has 0 atom stereocenters. The topological polar surface area (TPSA) is 45.3 Å². The highest BCUT2D eigenvalue weighted by atomic mass is 16.5. The summed E-state index contributed by atoms with van der Waals surface area (Å²) in [6.45, 7) is 2.08. The van der Waals surface area contributed by atoms with Gasteiger partial charge in [0.2, 0.25) is 0 Å². The molecular weight excluding hydrogens is 252 g/mol. The number of methoxy groups -OCH3 is 1. The number of para-hydroxylation sites is 1. The van der Waals surface area contributed by atoms with Crippen LogP contribution in [-0.4, -0.2) is 42.6 Å². The Balaban J connectivity index is 1.82. The summed E-state index contributed by atoms with van der Waals surface area (Å²) in [5, 5.41) is 1.07. The van der Waals surface area contributed by atoms with Gasteiger partial charge in [0, 0.05) is 31.8 Å². The van der Waals surface area contributed by atoms with Crippen molar-refractivity contribution in [2.45, 2.75) is 6.42 Å². The predicted molar refractivity (Wildman–Crippen MR) is 78.8 cm³/mol. The van der Waals surface area contributed by atoms with Crippen LogP contribution in [0.3, 0.4) is 0 Å². The van der Waals surface area contributed by atoms with Crippen molar-refractivity contribution in [1.82, 2.24) is 9.88 Å². The monoisotopic (exact) mass is 270 g/mol. The number of benzene rings is 1. The molecule has 0 radical (unpaired) electrons. The number of hydrogen-bond donors (Lipinski definition) is 1. The van der Waals surface area contributed by atoms with E-state index >= 15 is 0 Å². The molecule has 0 aliphatic carbocycles. The molecule has 2 aromatic rings. The third kappa shape index (κ3) is 2.34. The first kappa shape index (κ1) is 12.9. The lowest BCUT2D eigenvalue weighted by Gasteiger charge is -2.26. The number of nitrogens with zero attached hydrogens (tertiary/aromatic N) is 1. The molecule has 1 aromatic heterocycles. The van der Waals surface area contributed by atoms with E-state index in [1.54, 1.807) is 7.11 Å². The Morgan fingerprint density at radius 2 is 2.30 bits per heavy atom. The quantitative estimate of drug-likeness (QED) is 0.871. The molecule has 1 aliphatic heterocycles. The van der Waals surface area contributed by atoms with Crippen LogP contribution in [0.4, 0.5) is 0 Å². The molecule has 0 bridgehead atoms. The highest BCUT2D eigenvalue weighted by molar-refractivity contribution is 6.05. The standard InChI is InChI=1S/C16H18N2O2/c1-20-11-12-6-9-18(10-7-12)16(19)14-4-2-3-13-5-8-17-15(13)14/h2-6,8,17H,7,9-11H2,1H3. The second-order valence-electron chi connectivity index (χ2n) is 5.04. The minimum absolute atomic E-state index is 0.0887. The number of nitrogens with one attached hydrogen (secondary N) is 1. The van der Waals surface area contributed by atoms with Crippen molar-refractivity contribution >= 4 is 16.8 Å². The number of hydrogen-bond acceptors (Lipinski definition) is 2. The van der Waals surface area contributed by atoms with Gasteiger partial charge in [0.05, 0.1) is 17.7 Å². The lowest BCUT2D eigenvalue weighted by Crippen LogP contribution is -2.35. The Hall–Kier alpha value is -2.07. The van der Waals surface area contributed by atoms with E-state index in [9.17, 15) is 4.79 Å². The predicted octanol–water partition coefficient (Wildman–Crippen LogP) is 2.59. The molecule has 4 nitrogen and oxygen atoms in total. The molecule has 1 N–H and O–H groups in total. The number of H-pyrrole nitrogens is 1. The van der Waals surface area contributed by atoms with Crippen LogP contribution in [0.5, 0.6) is 0 Å². The van der Waals surface area contributed by atoms with Crippen molar-refractivity contribution in [2.75, 3.05) is 26.8 Å². The Morgan fingerprint density at radius 3 is 3.05 bits per heavy atom. The van der Waals surface area contributed by atoms with Crippen LogP contribution in [0.2, 0.25) is 0 Å². The van der Waals surface area contributed by atoms with Crippen LogP contribution in [0.1, 0.15) is 16.8 Å². The molecule has 0 spiro atoms. The third-order valence-electron chi connectivity index (χ3n) is 3.74. The number of fused-ring (bicyclic) bond motifs is 1. The van der Waals surface area contributed by atoms with Gasteiger partial charge >= 0.3 is 0 Å². The number of ether oxygens (including phenoxy) is 1. The number of carbonyl (C=O) groups excluding carboxylic acids is 1. The summed E-state index contributed by atoms with van der Waals surface area (Å²) >= 11 is 0. The van der Waals surface area contributed by atoms with Gasteiger partial charge in [-0.1, -0.05) is 18.2 Å². The van der Waals surface area contributed by atoms with Gasteiger partial charge < -0.3 is 14.6 Å². The van der Waals surface area contributed by atoms with Crippen molar-refractivity contribution < 1.29 is 9.53 Å². The number of amides is 1. The minimum Gasteiger partial charge on any atom is -0.380 e. The highest BCUT2D eigenvalue weighted by Gasteiger charge is 2.20. The van der Waals surface area contributed by atoms with E-state index in [4.69, 9.17) is 4.74 Å². The van der Waals surface area contributed by atoms with Crippen LogP contribution in [0.25, 0.3) is 10.9 Å². The van der Waals surface area contributed by atoms with Crippen LogP contribution in [0, 0.1) is 0 Å². The molecule has 2 heterocycles. The van der Waals surface area contributed by atoms with Gasteiger partial charge in [0.25, 0.3) is 5.91 Å². The molecule has 4 heteroatoms. The zero-order valence-corrected chi connectivity index (χ0v) is 11.6. The maximum absolute atomic E-state index is 12.6. The lowest BCUT2D eigenvalue weighted by molar-refractivity contribution is 0.0766. The zero-order valence-electron chi connectivity index (χ0n) is 11.6. The van der Waals surface area contributed by atoms with Crippen LogP contribution < -0.4 is 0 Å². The third-order valence-corrected chi connectivity index (χ3v) is 3.74. The zero-order chi connectivity index (χ0) is 13.9. The van der Waals surface area contributed by atoms with Gasteiger partial charge in [-0.25, -0.2) is 0 Å². The summed E-state index contributed by atoms with van der Waals surface area (Å²) in [5.41, 5.74) is 2.94. The van der Waals surface area contributed by atoms with Crippen molar-refractivity contribution in [3.63, 3.8) is 0 Å². The normalized spacial score (nSPS) is 15.4. The molecule has 0 unspecified atom stereocenters. The summed E-state index contributed by atoms with van der Waals surface area (Å²) in [7, 11) is 1.70. The first-order chi connectivity index (χ1) is 9.79. The van der Waals surface area contributed by atoms with Gasteiger partial charge in [0.1, 0.15) is 0 Å². The fraction of sp³-hybridized carbons (Fsp3) is 0.312. The maximum Gasteiger partial charge on any atom is 0.256 e. The van der Waals surface area contributed by atoms with Crippen LogP contribution in [0.15, 0.2) is 42.1 Å². The highest BCUT2D eigenvalue weighted by Crippen LogP contribution is 2.20. The Labute approximate surface area is 118 Å². The molecule has 104 valence electrons. The van der Waals surface area contributed by atoms with Crippen molar-refractivity contribution in [3.05, 3.63) is 47.7 Å². The fourth-order valence-electron chi connectivity index (χ4n) is 2.65.